The Morgan fingerprint density at radius 2 is 2.06 bits per heavy atom. The van der Waals surface area contributed by atoms with Gasteiger partial charge in [0.15, 0.2) is 6.10 Å². The van der Waals surface area contributed by atoms with Crippen LogP contribution in [0.4, 0.5) is 0 Å². The number of aliphatic hydroxyl groups is 1. The van der Waals surface area contributed by atoms with E-state index >= 15 is 0 Å². The molecule has 16 heavy (non-hydrogen) atoms. The average molecular weight is 245 g/mol. The van der Waals surface area contributed by atoms with Gasteiger partial charge in [0.05, 0.1) is 14.2 Å². The number of ether oxygens (including phenoxy) is 2. The third-order valence-electron chi connectivity index (χ3n) is 2.28. The van der Waals surface area contributed by atoms with Crippen LogP contribution in [0, 0.1) is 6.92 Å². The Labute approximate surface area is 98.7 Å². The number of esters is 1. The number of rotatable bonds is 3. The Morgan fingerprint density at radius 1 is 1.44 bits per heavy atom. The molecule has 0 saturated heterocycles. The van der Waals surface area contributed by atoms with Crippen molar-refractivity contribution in [3.63, 3.8) is 0 Å². The molecule has 0 saturated carbocycles. The van der Waals surface area contributed by atoms with Crippen LogP contribution in [-0.4, -0.2) is 25.3 Å². The molecule has 0 aliphatic heterocycles. The van der Waals surface area contributed by atoms with E-state index in [2.05, 4.69) is 4.74 Å². The first-order valence-electron chi connectivity index (χ1n) is 4.61. The van der Waals surface area contributed by atoms with E-state index in [1.54, 1.807) is 13.0 Å². The maximum atomic E-state index is 11.2. The largest absolute Gasteiger partial charge is 0.496 e. The summed E-state index contributed by atoms with van der Waals surface area (Å²) >= 11 is 5.95. The van der Waals surface area contributed by atoms with Gasteiger partial charge >= 0.3 is 5.97 Å². The monoisotopic (exact) mass is 244 g/mol. The number of carbonyl (C=O) groups excluding carboxylic acids is 1. The van der Waals surface area contributed by atoms with Crippen molar-refractivity contribution < 1.29 is 19.4 Å². The van der Waals surface area contributed by atoms with Gasteiger partial charge in [-0.1, -0.05) is 11.6 Å². The van der Waals surface area contributed by atoms with Gasteiger partial charge < -0.3 is 14.6 Å². The Hall–Kier alpha value is -1.26. The third-order valence-corrected chi connectivity index (χ3v) is 2.67. The molecule has 1 rings (SSSR count). The second-order valence-electron chi connectivity index (χ2n) is 3.26. The molecule has 1 unspecified atom stereocenters. The standard InChI is InChI=1S/C11H13ClO4/c1-6-8(12)4-7(5-9(6)15-2)10(13)11(14)16-3/h4-5,10,13H,1-3H3. The highest BCUT2D eigenvalue weighted by molar-refractivity contribution is 6.31. The van der Waals surface area contributed by atoms with Crippen LogP contribution >= 0.6 is 11.6 Å². The smallest absolute Gasteiger partial charge is 0.339 e. The molecule has 1 aromatic carbocycles. The van der Waals surface area contributed by atoms with Crippen LogP contribution in [-0.2, 0) is 9.53 Å². The minimum atomic E-state index is -1.35. The molecule has 4 nitrogen and oxygen atoms in total. The van der Waals surface area contributed by atoms with Crippen LogP contribution in [0.15, 0.2) is 12.1 Å². The van der Waals surface area contributed by atoms with Gasteiger partial charge in [-0.3, -0.25) is 0 Å². The number of aliphatic hydroxyl groups excluding tert-OH is 1. The van der Waals surface area contributed by atoms with Gasteiger partial charge in [0.25, 0.3) is 0 Å². The van der Waals surface area contributed by atoms with Gasteiger partial charge in [-0.15, -0.1) is 0 Å². The Balaban J connectivity index is 3.16. The molecule has 1 aromatic rings. The molecule has 0 spiro atoms. The molecule has 0 bridgehead atoms. The predicted molar refractivity (Wildman–Crippen MR) is 59.7 cm³/mol. The minimum absolute atomic E-state index is 0.347. The lowest BCUT2D eigenvalue weighted by molar-refractivity contribution is -0.150. The molecular weight excluding hydrogens is 232 g/mol. The zero-order chi connectivity index (χ0) is 12.3. The van der Waals surface area contributed by atoms with Crippen LogP contribution in [0.25, 0.3) is 0 Å². The van der Waals surface area contributed by atoms with E-state index < -0.39 is 12.1 Å². The summed E-state index contributed by atoms with van der Waals surface area (Å²) in [6.07, 6.45) is -1.35. The zero-order valence-corrected chi connectivity index (χ0v) is 10.0. The first-order chi connectivity index (χ1) is 7.51. The molecule has 0 radical (unpaired) electrons. The second-order valence-corrected chi connectivity index (χ2v) is 3.66. The lowest BCUT2D eigenvalue weighted by Crippen LogP contribution is -2.13. The van der Waals surface area contributed by atoms with Gasteiger partial charge in [0, 0.05) is 10.6 Å². The summed E-state index contributed by atoms with van der Waals surface area (Å²) in [4.78, 5) is 11.2. The summed E-state index contributed by atoms with van der Waals surface area (Å²) < 4.78 is 9.52. The number of benzene rings is 1. The van der Waals surface area contributed by atoms with Gasteiger partial charge in [-0.25, -0.2) is 4.79 Å². The molecular formula is C11H13ClO4. The molecule has 88 valence electrons. The summed E-state index contributed by atoms with van der Waals surface area (Å²) in [7, 11) is 2.70. The lowest BCUT2D eigenvalue weighted by atomic mass is 10.1. The number of halogens is 1. The maximum absolute atomic E-state index is 11.2. The van der Waals surface area contributed by atoms with Crippen LogP contribution in [0.3, 0.4) is 0 Å². The Morgan fingerprint density at radius 3 is 2.56 bits per heavy atom. The van der Waals surface area contributed by atoms with E-state index in [0.717, 1.165) is 5.56 Å². The van der Waals surface area contributed by atoms with Crippen molar-refractivity contribution in [3.05, 3.63) is 28.3 Å². The Kier molecular flexibility index (Phi) is 4.15. The van der Waals surface area contributed by atoms with Crippen molar-refractivity contribution in [1.29, 1.82) is 0 Å². The highest BCUT2D eigenvalue weighted by Crippen LogP contribution is 2.30. The van der Waals surface area contributed by atoms with Crippen LogP contribution in [0.5, 0.6) is 5.75 Å². The van der Waals surface area contributed by atoms with E-state index in [9.17, 15) is 9.90 Å². The molecule has 0 aliphatic carbocycles. The van der Waals surface area contributed by atoms with E-state index in [-0.39, 0.29) is 0 Å². The highest BCUT2D eigenvalue weighted by atomic mass is 35.5. The number of methoxy groups -OCH3 is 2. The van der Waals surface area contributed by atoms with Gasteiger partial charge in [0.2, 0.25) is 0 Å². The molecule has 1 atom stereocenters. The van der Waals surface area contributed by atoms with Crippen molar-refractivity contribution in [3.8, 4) is 5.75 Å². The van der Waals surface area contributed by atoms with Crippen LogP contribution < -0.4 is 4.74 Å². The second kappa shape index (κ2) is 5.18. The van der Waals surface area contributed by atoms with Crippen molar-refractivity contribution in [2.75, 3.05) is 14.2 Å². The lowest BCUT2D eigenvalue weighted by Gasteiger charge is -2.13. The quantitative estimate of drug-likeness (QED) is 0.825. The van der Waals surface area contributed by atoms with E-state index in [1.807, 2.05) is 0 Å². The number of hydrogen-bond donors (Lipinski definition) is 1. The summed E-state index contributed by atoms with van der Waals surface area (Å²) in [6, 6.07) is 3.07. The normalized spacial score (nSPS) is 12.1. The summed E-state index contributed by atoms with van der Waals surface area (Å²) in [5.41, 5.74) is 1.10. The summed E-state index contributed by atoms with van der Waals surface area (Å²) in [5, 5.41) is 10.1. The minimum Gasteiger partial charge on any atom is -0.496 e. The highest BCUT2D eigenvalue weighted by Gasteiger charge is 2.20. The first kappa shape index (κ1) is 12.8. The molecule has 5 heteroatoms. The molecule has 0 amide bonds. The van der Waals surface area contributed by atoms with Crippen molar-refractivity contribution in [2.45, 2.75) is 13.0 Å². The fourth-order valence-electron chi connectivity index (χ4n) is 1.29. The molecule has 0 fully saturated rings. The van der Waals surface area contributed by atoms with Gasteiger partial charge in [0.1, 0.15) is 5.75 Å². The van der Waals surface area contributed by atoms with Crippen LogP contribution in [0.2, 0.25) is 5.02 Å². The molecule has 0 aliphatic rings. The average Bonchev–Trinajstić information content (AvgIpc) is 2.30. The van der Waals surface area contributed by atoms with Crippen molar-refractivity contribution in [2.24, 2.45) is 0 Å². The molecule has 0 aromatic heterocycles. The van der Waals surface area contributed by atoms with Gasteiger partial charge in [-0.05, 0) is 24.6 Å². The predicted octanol–water partition coefficient (Wildman–Crippen LogP) is 1.86. The van der Waals surface area contributed by atoms with Crippen molar-refractivity contribution >= 4 is 17.6 Å². The fourth-order valence-corrected chi connectivity index (χ4v) is 1.51. The topological polar surface area (TPSA) is 55.8 Å². The van der Waals surface area contributed by atoms with E-state index in [1.165, 1.54) is 20.3 Å². The Bertz CT molecular complexity index is 403. The molecule has 0 heterocycles. The maximum Gasteiger partial charge on any atom is 0.339 e. The summed E-state index contributed by atoms with van der Waals surface area (Å²) in [5.74, 6) is -0.215. The fraction of sp³-hybridized carbons (Fsp3) is 0.364. The van der Waals surface area contributed by atoms with Crippen molar-refractivity contribution in [1.82, 2.24) is 0 Å². The summed E-state index contributed by atoms with van der Waals surface area (Å²) in [6.45, 7) is 1.79. The third kappa shape index (κ3) is 2.46. The van der Waals surface area contributed by atoms with E-state index in [4.69, 9.17) is 16.3 Å². The first-order valence-corrected chi connectivity index (χ1v) is 4.99. The van der Waals surface area contributed by atoms with E-state index in [0.29, 0.717) is 16.3 Å². The molecule has 1 N–H and O–H groups in total. The van der Waals surface area contributed by atoms with Gasteiger partial charge in [-0.2, -0.15) is 0 Å². The van der Waals surface area contributed by atoms with Crippen LogP contribution in [0.1, 0.15) is 17.2 Å². The number of carbonyl (C=O) groups is 1. The zero-order valence-electron chi connectivity index (χ0n) is 9.28. The number of hydrogen-bond acceptors (Lipinski definition) is 4. The SMILES string of the molecule is COC(=O)C(O)c1cc(Cl)c(C)c(OC)c1.